The first kappa shape index (κ1) is 18.8. The molecule has 0 aromatic heterocycles. The first-order chi connectivity index (χ1) is 14.4. The van der Waals surface area contributed by atoms with Crippen LogP contribution >= 0.6 is 0 Å². The van der Waals surface area contributed by atoms with Crippen molar-refractivity contribution in [3.63, 3.8) is 0 Å². The summed E-state index contributed by atoms with van der Waals surface area (Å²) in [6.07, 6.45) is 0. The van der Waals surface area contributed by atoms with Gasteiger partial charge in [0.2, 0.25) is 5.96 Å². The van der Waals surface area contributed by atoms with E-state index in [2.05, 4.69) is 22.1 Å². The van der Waals surface area contributed by atoms with Crippen LogP contribution in [0.5, 0.6) is 0 Å². The van der Waals surface area contributed by atoms with Gasteiger partial charge in [-0.15, -0.1) is 0 Å². The number of para-hydroxylation sites is 2. The molecule has 0 saturated carbocycles. The summed E-state index contributed by atoms with van der Waals surface area (Å²) >= 11 is 0. The highest BCUT2D eigenvalue weighted by atomic mass is 16.5. The van der Waals surface area contributed by atoms with E-state index in [-0.39, 0.29) is 0 Å². The molecule has 3 aromatic carbocycles. The number of aliphatic imine (C=N–C) groups is 1. The van der Waals surface area contributed by atoms with Crippen LogP contribution < -0.4 is 5.32 Å². The zero-order valence-corrected chi connectivity index (χ0v) is 16.2. The van der Waals surface area contributed by atoms with Crippen molar-refractivity contribution in [3.05, 3.63) is 96.1 Å². The number of morpholine rings is 1. The third-order valence-electron chi connectivity index (χ3n) is 4.59. The van der Waals surface area contributed by atoms with Crippen molar-refractivity contribution < 1.29 is 4.74 Å². The van der Waals surface area contributed by atoms with Gasteiger partial charge in [-0.2, -0.15) is 0 Å². The summed E-state index contributed by atoms with van der Waals surface area (Å²) in [5, 5.41) is 3.47. The maximum Gasteiger partial charge on any atom is 0.203 e. The van der Waals surface area contributed by atoms with Gasteiger partial charge in [-0.25, -0.2) is 4.99 Å². The van der Waals surface area contributed by atoms with Crippen molar-refractivity contribution in [1.29, 1.82) is 0 Å². The fraction of sp³-hybridized carbons (Fsp3) is 0.160. The average molecular weight is 381 g/mol. The molecule has 0 aliphatic carbocycles. The van der Waals surface area contributed by atoms with Gasteiger partial charge in [0.25, 0.3) is 0 Å². The fourth-order valence-electron chi connectivity index (χ4n) is 3.06. The second-order valence-corrected chi connectivity index (χ2v) is 6.66. The molecule has 4 nitrogen and oxygen atoms in total. The van der Waals surface area contributed by atoms with Crippen molar-refractivity contribution >= 4 is 17.3 Å². The first-order valence-corrected chi connectivity index (χ1v) is 9.78. The lowest BCUT2D eigenvalue weighted by Crippen LogP contribution is -2.44. The van der Waals surface area contributed by atoms with Gasteiger partial charge in [-0.3, -0.25) is 0 Å². The lowest BCUT2D eigenvalue weighted by Gasteiger charge is -2.30. The third-order valence-corrected chi connectivity index (χ3v) is 4.59. The van der Waals surface area contributed by atoms with Crippen molar-refractivity contribution in [3.8, 4) is 11.8 Å². The highest BCUT2D eigenvalue weighted by Crippen LogP contribution is 2.20. The van der Waals surface area contributed by atoms with Crippen molar-refractivity contribution in [2.45, 2.75) is 0 Å². The molecule has 1 heterocycles. The van der Waals surface area contributed by atoms with Crippen molar-refractivity contribution in [2.75, 3.05) is 31.6 Å². The lowest BCUT2D eigenvalue weighted by atomic mass is 10.1. The summed E-state index contributed by atoms with van der Waals surface area (Å²) in [4.78, 5) is 7.18. The fourth-order valence-corrected chi connectivity index (χ4v) is 3.06. The van der Waals surface area contributed by atoms with Gasteiger partial charge >= 0.3 is 0 Å². The molecule has 3 aromatic rings. The molecule has 1 N–H and O–H groups in total. The van der Waals surface area contributed by atoms with E-state index in [1.807, 2.05) is 84.9 Å². The Morgan fingerprint density at radius 1 is 0.793 bits per heavy atom. The highest BCUT2D eigenvalue weighted by Gasteiger charge is 2.16. The molecule has 144 valence electrons. The minimum Gasteiger partial charge on any atom is -0.378 e. The topological polar surface area (TPSA) is 36.9 Å². The summed E-state index contributed by atoms with van der Waals surface area (Å²) in [5.41, 5.74) is 3.74. The number of nitrogens with zero attached hydrogens (tertiary/aromatic N) is 2. The number of nitrogens with one attached hydrogen (secondary N) is 1. The standard InChI is InChI=1S/C25H23N3O/c1-3-9-21(10-4-1)15-16-22-11-7-8-14-24(22)27-25(28-17-19-29-20-18-28)26-23-12-5-2-6-13-23/h1-14H,17-20H2,(H,26,27). The van der Waals surface area contributed by atoms with Gasteiger partial charge in [0.05, 0.1) is 24.5 Å². The van der Waals surface area contributed by atoms with Crippen LogP contribution in [0, 0.1) is 11.8 Å². The van der Waals surface area contributed by atoms with Gasteiger partial charge in [0.15, 0.2) is 0 Å². The molecule has 4 heteroatoms. The Bertz CT molecular complexity index is 1010. The number of hydrogen-bond acceptors (Lipinski definition) is 2. The summed E-state index contributed by atoms with van der Waals surface area (Å²) in [6, 6.07) is 28.1. The van der Waals surface area contributed by atoms with E-state index >= 15 is 0 Å². The molecule has 1 aliphatic heterocycles. The van der Waals surface area contributed by atoms with E-state index in [1.165, 1.54) is 0 Å². The van der Waals surface area contributed by atoms with E-state index in [1.54, 1.807) is 0 Å². The van der Waals surface area contributed by atoms with Gasteiger partial charge in [0.1, 0.15) is 0 Å². The lowest BCUT2D eigenvalue weighted by molar-refractivity contribution is 0.0680. The minimum atomic E-state index is 0.699. The quantitative estimate of drug-likeness (QED) is 0.403. The van der Waals surface area contributed by atoms with Gasteiger partial charge < -0.3 is 15.0 Å². The Morgan fingerprint density at radius 2 is 1.45 bits per heavy atom. The summed E-state index contributed by atoms with van der Waals surface area (Å²) in [7, 11) is 0. The Morgan fingerprint density at radius 3 is 2.21 bits per heavy atom. The Labute approximate surface area is 171 Å². The van der Waals surface area contributed by atoms with E-state index in [0.29, 0.717) is 13.2 Å². The van der Waals surface area contributed by atoms with Crippen LogP contribution in [0.15, 0.2) is 89.9 Å². The molecular weight excluding hydrogens is 358 g/mol. The molecule has 1 saturated heterocycles. The normalized spacial score (nSPS) is 14.1. The SMILES string of the molecule is C(#Cc1ccccc1N=C(Nc1ccccc1)N1CCOCC1)c1ccccc1. The predicted molar refractivity (Wildman–Crippen MR) is 118 cm³/mol. The molecule has 0 unspecified atom stereocenters. The second-order valence-electron chi connectivity index (χ2n) is 6.66. The summed E-state index contributed by atoms with van der Waals surface area (Å²) in [6.45, 7) is 3.00. The van der Waals surface area contributed by atoms with Crippen LogP contribution in [-0.2, 0) is 4.74 Å². The molecule has 0 amide bonds. The molecule has 0 radical (unpaired) electrons. The number of anilines is 1. The number of hydrogen-bond donors (Lipinski definition) is 1. The number of benzene rings is 3. The second kappa shape index (κ2) is 9.59. The Balaban J connectivity index is 1.67. The first-order valence-electron chi connectivity index (χ1n) is 9.78. The molecule has 1 fully saturated rings. The van der Waals surface area contributed by atoms with Crippen LogP contribution in [0.4, 0.5) is 11.4 Å². The van der Waals surface area contributed by atoms with Crippen LogP contribution in [0.2, 0.25) is 0 Å². The number of ether oxygens (including phenoxy) is 1. The summed E-state index contributed by atoms with van der Waals surface area (Å²) < 4.78 is 5.51. The molecule has 0 atom stereocenters. The monoisotopic (exact) mass is 381 g/mol. The molecule has 29 heavy (non-hydrogen) atoms. The Hall–Kier alpha value is -3.55. The number of rotatable bonds is 2. The van der Waals surface area contributed by atoms with Gasteiger partial charge in [-0.05, 0) is 36.4 Å². The van der Waals surface area contributed by atoms with Crippen LogP contribution in [-0.4, -0.2) is 37.2 Å². The largest absolute Gasteiger partial charge is 0.378 e. The van der Waals surface area contributed by atoms with Gasteiger partial charge in [0, 0.05) is 24.3 Å². The van der Waals surface area contributed by atoms with Crippen molar-refractivity contribution in [1.82, 2.24) is 4.90 Å². The molecule has 4 rings (SSSR count). The average Bonchev–Trinajstić information content (AvgIpc) is 2.80. The van der Waals surface area contributed by atoms with Crippen LogP contribution in [0.25, 0.3) is 0 Å². The smallest absolute Gasteiger partial charge is 0.203 e. The van der Waals surface area contributed by atoms with Crippen LogP contribution in [0.1, 0.15) is 11.1 Å². The zero-order chi connectivity index (χ0) is 19.7. The summed E-state index contributed by atoms with van der Waals surface area (Å²) in [5.74, 6) is 7.32. The Kier molecular flexibility index (Phi) is 6.21. The number of guanidine groups is 1. The zero-order valence-electron chi connectivity index (χ0n) is 16.2. The van der Waals surface area contributed by atoms with E-state index < -0.39 is 0 Å². The maximum absolute atomic E-state index is 5.51. The molecular formula is C25H23N3O. The van der Waals surface area contributed by atoms with E-state index in [9.17, 15) is 0 Å². The molecule has 0 spiro atoms. The van der Waals surface area contributed by atoms with Crippen molar-refractivity contribution in [2.24, 2.45) is 4.99 Å². The van der Waals surface area contributed by atoms with E-state index in [0.717, 1.165) is 41.6 Å². The molecule has 0 bridgehead atoms. The predicted octanol–water partition coefficient (Wildman–Crippen LogP) is 4.52. The van der Waals surface area contributed by atoms with E-state index in [4.69, 9.17) is 9.73 Å². The van der Waals surface area contributed by atoms with Gasteiger partial charge in [-0.1, -0.05) is 60.4 Å². The maximum atomic E-state index is 5.51. The third kappa shape index (κ3) is 5.25. The molecule has 1 aliphatic rings. The van der Waals surface area contributed by atoms with Crippen LogP contribution in [0.3, 0.4) is 0 Å². The highest BCUT2D eigenvalue weighted by molar-refractivity contribution is 5.95. The minimum absolute atomic E-state index is 0.699.